The predicted octanol–water partition coefficient (Wildman–Crippen LogP) is 3.01. The molecule has 1 amide bonds. The van der Waals surface area contributed by atoms with Crippen molar-refractivity contribution in [2.24, 2.45) is 0 Å². The molecule has 1 saturated carbocycles. The highest BCUT2D eigenvalue weighted by Crippen LogP contribution is 2.34. The van der Waals surface area contributed by atoms with Gasteiger partial charge in [0.05, 0.1) is 19.2 Å². The number of methoxy groups -OCH3 is 2. The Morgan fingerprint density at radius 3 is 2.52 bits per heavy atom. The van der Waals surface area contributed by atoms with Crippen LogP contribution >= 0.6 is 11.3 Å². The van der Waals surface area contributed by atoms with E-state index in [1.807, 2.05) is 16.3 Å². The zero-order valence-corrected chi connectivity index (χ0v) is 14.1. The second-order valence-electron chi connectivity index (χ2n) is 5.44. The summed E-state index contributed by atoms with van der Waals surface area (Å²) in [5.74, 6) is 1.07. The van der Waals surface area contributed by atoms with Crippen molar-refractivity contribution >= 4 is 17.2 Å². The summed E-state index contributed by atoms with van der Waals surface area (Å²) in [6, 6.07) is 5.73. The standard InChI is InChI=1S/C17H20N2O3S/c1-21-13-4-3-5-14(22-2)16(13)17(20)19(12-6-7-12)10-8-15-18-9-11-23-15/h3-5,9,11-12H,6-8,10H2,1-2H3. The van der Waals surface area contributed by atoms with Crippen LogP contribution in [0.3, 0.4) is 0 Å². The van der Waals surface area contributed by atoms with Gasteiger partial charge in [-0.3, -0.25) is 4.79 Å². The summed E-state index contributed by atoms with van der Waals surface area (Å²) < 4.78 is 10.7. The summed E-state index contributed by atoms with van der Waals surface area (Å²) in [4.78, 5) is 19.3. The van der Waals surface area contributed by atoms with Crippen molar-refractivity contribution in [1.29, 1.82) is 0 Å². The number of amides is 1. The van der Waals surface area contributed by atoms with Gasteiger partial charge in [0, 0.05) is 30.6 Å². The fraction of sp³-hybridized carbons (Fsp3) is 0.412. The van der Waals surface area contributed by atoms with Crippen molar-refractivity contribution in [3.05, 3.63) is 40.3 Å². The van der Waals surface area contributed by atoms with Crippen LogP contribution in [0.5, 0.6) is 11.5 Å². The Kier molecular flexibility index (Phi) is 4.81. The van der Waals surface area contributed by atoms with Gasteiger partial charge in [0.2, 0.25) is 0 Å². The predicted molar refractivity (Wildman–Crippen MR) is 89.4 cm³/mol. The molecule has 1 aromatic heterocycles. The molecule has 0 spiro atoms. The molecule has 1 aliphatic rings. The van der Waals surface area contributed by atoms with E-state index in [1.54, 1.807) is 43.9 Å². The fourth-order valence-corrected chi connectivity index (χ4v) is 3.24. The van der Waals surface area contributed by atoms with Crippen LogP contribution in [0.4, 0.5) is 0 Å². The van der Waals surface area contributed by atoms with Gasteiger partial charge in [-0.1, -0.05) is 6.07 Å². The van der Waals surface area contributed by atoms with Crippen LogP contribution in [0.15, 0.2) is 29.8 Å². The van der Waals surface area contributed by atoms with Crippen LogP contribution in [0.25, 0.3) is 0 Å². The highest BCUT2D eigenvalue weighted by Gasteiger charge is 2.35. The Morgan fingerprint density at radius 2 is 2.00 bits per heavy atom. The molecule has 0 saturated heterocycles. The molecule has 3 rings (SSSR count). The van der Waals surface area contributed by atoms with Crippen LogP contribution in [-0.2, 0) is 6.42 Å². The van der Waals surface area contributed by atoms with Crippen molar-refractivity contribution < 1.29 is 14.3 Å². The highest BCUT2D eigenvalue weighted by molar-refractivity contribution is 7.09. The van der Waals surface area contributed by atoms with Crippen LogP contribution in [-0.4, -0.2) is 42.6 Å². The second kappa shape index (κ2) is 7.00. The molecule has 2 aromatic rings. The van der Waals surface area contributed by atoms with E-state index < -0.39 is 0 Å². The Labute approximate surface area is 139 Å². The molecule has 0 unspecified atom stereocenters. The highest BCUT2D eigenvalue weighted by atomic mass is 32.1. The van der Waals surface area contributed by atoms with Gasteiger partial charge >= 0.3 is 0 Å². The van der Waals surface area contributed by atoms with Gasteiger partial charge in [0.25, 0.3) is 5.91 Å². The second-order valence-corrected chi connectivity index (χ2v) is 6.42. The van der Waals surface area contributed by atoms with E-state index in [1.165, 1.54) is 0 Å². The first-order valence-electron chi connectivity index (χ1n) is 7.65. The van der Waals surface area contributed by atoms with E-state index in [0.717, 1.165) is 24.3 Å². The smallest absolute Gasteiger partial charge is 0.261 e. The molecular weight excluding hydrogens is 312 g/mol. The number of carbonyl (C=O) groups is 1. The van der Waals surface area contributed by atoms with Crippen molar-refractivity contribution in [3.63, 3.8) is 0 Å². The van der Waals surface area contributed by atoms with Gasteiger partial charge in [-0.2, -0.15) is 0 Å². The number of ether oxygens (including phenoxy) is 2. The summed E-state index contributed by atoms with van der Waals surface area (Å²) in [6.07, 6.45) is 4.69. The number of hydrogen-bond donors (Lipinski definition) is 0. The van der Waals surface area contributed by atoms with Gasteiger partial charge < -0.3 is 14.4 Å². The van der Waals surface area contributed by atoms with Gasteiger partial charge in [-0.15, -0.1) is 11.3 Å². The number of carbonyl (C=O) groups excluding carboxylic acids is 1. The van der Waals surface area contributed by atoms with Crippen molar-refractivity contribution in [3.8, 4) is 11.5 Å². The fourth-order valence-electron chi connectivity index (χ4n) is 2.63. The minimum absolute atomic E-state index is 0.0293. The maximum atomic E-state index is 13.1. The number of thiazole rings is 1. The monoisotopic (exact) mass is 332 g/mol. The molecule has 6 heteroatoms. The average Bonchev–Trinajstić information content (AvgIpc) is 3.28. The van der Waals surface area contributed by atoms with Crippen LogP contribution in [0.1, 0.15) is 28.2 Å². The van der Waals surface area contributed by atoms with Crippen molar-refractivity contribution in [2.75, 3.05) is 20.8 Å². The first-order chi connectivity index (χ1) is 11.2. The topological polar surface area (TPSA) is 51.7 Å². The number of aromatic nitrogens is 1. The van der Waals surface area contributed by atoms with Gasteiger partial charge in [-0.25, -0.2) is 4.98 Å². The molecule has 1 fully saturated rings. The lowest BCUT2D eigenvalue weighted by atomic mass is 10.1. The largest absolute Gasteiger partial charge is 0.496 e. The Bertz CT molecular complexity index is 646. The third-order valence-electron chi connectivity index (χ3n) is 3.94. The van der Waals surface area contributed by atoms with Gasteiger partial charge in [0.15, 0.2) is 0 Å². The summed E-state index contributed by atoms with van der Waals surface area (Å²) in [5, 5.41) is 3.01. The quantitative estimate of drug-likeness (QED) is 0.782. The van der Waals surface area contributed by atoms with Crippen molar-refractivity contribution in [2.45, 2.75) is 25.3 Å². The molecule has 0 N–H and O–H groups in total. The maximum Gasteiger partial charge on any atom is 0.261 e. The van der Waals surface area contributed by atoms with Crippen LogP contribution in [0, 0.1) is 0 Å². The molecule has 5 nitrogen and oxygen atoms in total. The summed E-state index contributed by atoms with van der Waals surface area (Å²) >= 11 is 1.62. The molecule has 1 aromatic carbocycles. The number of rotatable bonds is 7. The summed E-state index contributed by atoms with van der Waals surface area (Å²) in [6.45, 7) is 0.665. The third-order valence-corrected chi connectivity index (χ3v) is 4.78. The molecular formula is C17H20N2O3S. The first kappa shape index (κ1) is 15.8. The van der Waals surface area contributed by atoms with E-state index in [4.69, 9.17) is 9.47 Å². The number of nitrogens with zero attached hydrogens (tertiary/aromatic N) is 2. The lowest BCUT2D eigenvalue weighted by molar-refractivity contribution is 0.0738. The van der Waals surface area contributed by atoms with E-state index in [9.17, 15) is 4.79 Å². The molecule has 1 aliphatic carbocycles. The van der Waals surface area contributed by atoms with Crippen LogP contribution < -0.4 is 9.47 Å². The first-order valence-corrected chi connectivity index (χ1v) is 8.53. The Hall–Kier alpha value is -2.08. The molecule has 1 heterocycles. The van der Waals surface area contributed by atoms with Gasteiger partial charge in [0.1, 0.15) is 17.1 Å². The minimum atomic E-state index is -0.0293. The zero-order valence-electron chi connectivity index (χ0n) is 13.3. The van der Waals surface area contributed by atoms with E-state index in [-0.39, 0.29) is 5.91 Å². The number of benzene rings is 1. The third kappa shape index (κ3) is 3.47. The average molecular weight is 332 g/mol. The minimum Gasteiger partial charge on any atom is -0.496 e. The Balaban J connectivity index is 1.84. The lowest BCUT2D eigenvalue weighted by Crippen LogP contribution is -2.35. The Morgan fingerprint density at radius 1 is 1.30 bits per heavy atom. The summed E-state index contributed by atoms with van der Waals surface area (Å²) in [5.41, 5.74) is 0.503. The van der Waals surface area contributed by atoms with E-state index in [2.05, 4.69) is 4.98 Å². The molecule has 23 heavy (non-hydrogen) atoms. The normalized spacial score (nSPS) is 13.7. The molecule has 122 valence electrons. The van der Waals surface area contributed by atoms with Crippen LogP contribution in [0.2, 0.25) is 0 Å². The number of hydrogen-bond acceptors (Lipinski definition) is 5. The molecule has 0 atom stereocenters. The van der Waals surface area contributed by atoms with Crippen molar-refractivity contribution in [1.82, 2.24) is 9.88 Å². The maximum absolute atomic E-state index is 13.1. The zero-order chi connectivity index (χ0) is 16.2. The SMILES string of the molecule is COc1cccc(OC)c1C(=O)N(CCc1nccs1)C1CC1. The van der Waals surface area contributed by atoms with E-state index in [0.29, 0.717) is 29.6 Å². The molecule has 0 radical (unpaired) electrons. The molecule has 0 aliphatic heterocycles. The molecule has 0 bridgehead atoms. The van der Waals surface area contributed by atoms with Gasteiger partial charge in [-0.05, 0) is 25.0 Å². The van der Waals surface area contributed by atoms with E-state index >= 15 is 0 Å². The summed E-state index contributed by atoms with van der Waals surface area (Å²) in [7, 11) is 3.14. The lowest BCUT2D eigenvalue weighted by Gasteiger charge is -2.24.